The fourth-order valence-electron chi connectivity index (χ4n) is 1.77. The summed E-state index contributed by atoms with van der Waals surface area (Å²) in [7, 11) is 0. The maximum Gasteiger partial charge on any atom is 0.237 e. The Morgan fingerprint density at radius 3 is 2.88 bits per heavy atom. The number of halogens is 1. The van der Waals surface area contributed by atoms with Gasteiger partial charge >= 0.3 is 0 Å². The Hall–Kier alpha value is -1.52. The number of rotatable bonds is 3. The van der Waals surface area contributed by atoms with Crippen molar-refractivity contribution in [2.75, 3.05) is 0 Å². The first-order chi connectivity index (χ1) is 7.61. The van der Waals surface area contributed by atoms with Gasteiger partial charge in [0.25, 0.3) is 0 Å². The SMILES string of the molecule is NC(=O)Cn1cc(CO)c2ccc(Cl)cc21. The monoisotopic (exact) mass is 238 g/mol. The molecule has 84 valence electrons. The van der Waals surface area contributed by atoms with Gasteiger partial charge in [-0.25, -0.2) is 0 Å². The Labute approximate surface area is 97.2 Å². The van der Waals surface area contributed by atoms with Gasteiger partial charge in [0, 0.05) is 22.2 Å². The van der Waals surface area contributed by atoms with Gasteiger partial charge < -0.3 is 15.4 Å². The molecule has 1 aromatic heterocycles. The number of hydrogen-bond acceptors (Lipinski definition) is 2. The van der Waals surface area contributed by atoms with Crippen molar-refractivity contribution in [1.82, 2.24) is 4.57 Å². The molecule has 16 heavy (non-hydrogen) atoms. The molecule has 1 heterocycles. The molecule has 0 aliphatic rings. The average molecular weight is 239 g/mol. The molecule has 0 aliphatic heterocycles. The number of fused-ring (bicyclic) bond motifs is 1. The van der Waals surface area contributed by atoms with Crippen LogP contribution >= 0.6 is 11.6 Å². The minimum atomic E-state index is -0.429. The zero-order valence-corrected chi connectivity index (χ0v) is 9.24. The Kier molecular flexibility index (Phi) is 2.85. The zero-order chi connectivity index (χ0) is 11.7. The Morgan fingerprint density at radius 2 is 2.25 bits per heavy atom. The summed E-state index contributed by atoms with van der Waals surface area (Å²) < 4.78 is 1.69. The standard InChI is InChI=1S/C11H11ClN2O2/c12-8-1-2-9-7(6-15)4-14(5-11(13)16)10(9)3-8/h1-4,15H,5-6H2,(H2,13,16). The highest BCUT2D eigenvalue weighted by molar-refractivity contribution is 6.31. The lowest BCUT2D eigenvalue weighted by Gasteiger charge is -2.01. The van der Waals surface area contributed by atoms with E-state index in [-0.39, 0.29) is 13.2 Å². The van der Waals surface area contributed by atoms with Gasteiger partial charge in [0.1, 0.15) is 6.54 Å². The van der Waals surface area contributed by atoms with Gasteiger partial charge in [-0.05, 0) is 12.1 Å². The van der Waals surface area contributed by atoms with E-state index in [9.17, 15) is 9.90 Å². The van der Waals surface area contributed by atoms with Crippen molar-refractivity contribution in [3.05, 3.63) is 35.0 Å². The predicted molar refractivity (Wildman–Crippen MR) is 62.1 cm³/mol. The second-order valence-corrected chi connectivity index (χ2v) is 4.00. The van der Waals surface area contributed by atoms with Crippen molar-refractivity contribution in [2.24, 2.45) is 5.73 Å². The molecule has 5 heteroatoms. The molecule has 2 rings (SSSR count). The van der Waals surface area contributed by atoms with E-state index in [2.05, 4.69) is 0 Å². The van der Waals surface area contributed by atoms with Gasteiger partial charge in [-0.15, -0.1) is 0 Å². The molecule has 4 nitrogen and oxygen atoms in total. The van der Waals surface area contributed by atoms with Crippen LogP contribution in [0.25, 0.3) is 10.9 Å². The first-order valence-electron chi connectivity index (χ1n) is 4.78. The molecule has 2 aromatic rings. The van der Waals surface area contributed by atoms with Crippen LogP contribution in [0, 0.1) is 0 Å². The van der Waals surface area contributed by atoms with Crippen LogP contribution in [-0.4, -0.2) is 15.6 Å². The Balaban J connectivity index is 2.63. The number of aliphatic hydroxyl groups is 1. The van der Waals surface area contributed by atoms with Gasteiger partial charge in [0.15, 0.2) is 0 Å². The predicted octanol–water partition coefficient (Wildman–Crippen LogP) is 1.27. The van der Waals surface area contributed by atoms with Crippen molar-refractivity contribution >= 4 is 28.4 Å². The lowest BCUT2D eigenvalue weighted by molar-refractivity contribution is -0.118. The maximum absolute atomic E-state index is 10.9. The lowest BCUT2D eigenvalue weighted by Crippen LogP contribution is -2.17. The van der Waals surface area contributed by atoms with E-state index in [1.807, 2.05) is 6.07 Å². The molecule has 0 fully saturated rings. The van der Waals surface area contributed by atoms with Gasteiger partial charge in [-0.2, -0.15) is 0 Å². The summed E-state index contributed by atoms with van der Waals surface area (Å²) in [5.74, 6) is -0.429. The van der Waals surface area contributed by atoms with Crippen molar-refractivity contribution in [2.45, 2.75) is 13.2 Å². The molecule has 3 N–H and O–H groups in total. The van der Waals surface area contributed by atoms with Crippen LogP contribution in [0.15, 0.2) is 24.4 Å². The van der Waals surface area contributed by atoms with E-state index in [0.717, 1.165) is 16.5 Å². The van der Waals surface area contributed by atoms with E-state index in [1.165, 1.54) is 0 Å². The third-order valence-electron chi connectivity index (χ3n) is 2.42. The third-order valence-corrected chi connectivity index (χ3v) is 2.66. The van der Waals surface area contributed by atoms with Gasteiger partial charge in [-0.3, -0.25) is 4.79 Å². The number of aromatic nitrogens is 1. The molecule has 1 amide bonds. The van der Waals surface area contributed by atoms with Gasteiger partial charge in [-0.1, -0.05) is 17.7 Å². The largest absolute Gasteiger partial charge is 0.392 e. The third kappa shape index (κ3) is 1.89. The highest BCUT2D eigenvalue weighted by atomic mass is 35.5. The van der Waals surface area contributed by atoms with E-state index in [0.29, 0.717) is 5.02 Å². The fourth-order valence-corrected chi connectivity index (χ4v) is 1.93. The highest BCUT2D eigenvalue weighted by Gasteiger charge is 2.09. The summed E-state index contributed by atoms with van der Waals surface area (Å²) in [6, 6.07) is 5.32. The van der Waals surface area contributed by atoms with E-state index >= 15 is 0 Å². The van der Waals surface area contributed by atoms with E-state index < -0.39 is 5.91 Å². The highest BCUT2D eigenvalue weighted by Crippen LogP contribution is 2.24. The van der Waals surface area contributed by atoms with Crippen molar-refractivity contribution in [3.63, 3.8) is 0 Å². The molecular weight excluding hydrogens is 228 g/mol. The number of carbonyl (C=O) groups is 1. The summed E-state index contributed by atoms with van der Waals surface area (Å²) in [4.78, 5) is 10.9. The topological polar surface area (TPSA) is 68.2 Å². The first kappa shape index (κ1) is 11.0. The normalized spacial score (nSPS) is 10.9. The second kappa shape index (κ2) is 4.15. The number of benzene rings is 1. The van der Waals surface area contributed by atoms with Crippen LogP contribution in [0.1, 0.15) is 5.56 Å². The van der Waals surface area contributed by atoms with E-state index in [1.54, 1.807) is 22.9 Å². The van der Waals surface area contributed by atoms with Crippen LogP contribution in [0.5, 0.6) is 0 Å². The molecule has 0 unspecified atom stereocenters. The van der Waals surface area contributed by atoms with Crippen molar-refractivity contribution < 1.29 is 9.90 Å². The summed E-state index contributed by atoms with van der Waals surface area (Å²) in [6.45, 7) is 0.000731. The first-order valence-corrected chi connectivity index (χ1v) is 5.16. The number of carbonyl (C=O) groups excluding carboxylic acids is 1. The maximum atomic E-state index is 10.9. The quantitative estimate of drug-likeness (QED) is 0.846. The number of amides is 1. The smallest absolute Gasteiger partial charge is 0.237 e. The van der Waals surface area contributed by atoms with Crippen molar-refractivity contribution in [1.29, 1.82) is 0 Å². The molecule has 0 aliphatic carbocycles. The summed E-state index contributed by atoms with van der Waals surface area (Å²) >= 11 is 5.89. The minimum absolute atomic E-state index is 0.0795. The molecule has 0 bridgehead atoms. The van der Waals surface area contributed by atoms with Crippen LogP contribution in [0.4, 0.5) is 0 Å². The summed E-state index contributed by atoms with van der Waals surface area (Å²) in [6.07, 6.45) is 1.71. The number of hydrogen-bond donors (Lipinski definition) is 2. The molecule has 0 atom stereocenters. The molecule has 1 aromatic carbocycles. The summed E-state index contributed by atoms with van der Waals surface area (Å²) in [5.41, 5.74) is 6.71. The molecule has 0 spiro atoms. The molecule has 0 radical (unpaired) electrons. The Bertz CT molecular complexity index is 548. The molecule has 0 saturated carbocycles. The zero-order valence-electron chi connectivity index (χ0n) is 8.48. The lowest BCUT2D eigenvalue weighted by atomic mass is 10.2. The summed E-state index contributed by atoms with van der Waals surface area (Å²) in [5, 5.41) is 10.7. The van der Waals surface area contributed by atoms with Crippen LogP contribution in [0.2, 0.25) is 5.02 Å². The Morgan fingerprint density at radius 1 is 1.50 bits per heavy atom. The number of aliphatic hydroxyl groups excluding tert-OH is 1. The fraction of sp³-hybridized carbons (Fsp3) is 0.182. The molecular formula is C11H11ClN2O2. The molecule has 0 saturated heterocycles. The van der Waals surface area contributed by atoms with E-state index in [4.69, 9.17) is 17.3 Å². The average Bonchev–Trinajstić information content (AvgIpc) is 2.55. The minimum Gasteiger partial charge on any atom is -0.392 e. The van der Waals surface area contributed by atoms with Crippen LogP contribution < -0.4 is 5.73 Å². The number of nitrogens with zero attached hydrogens (tertiary/aromatic N) is 1. The van der Waals surface area contributed by atoms with Crippen LogP contribution in [0.3, 0.4) is 0 Å². The van der Waals surface area contributed by atoms with Crippen molar-refractivity contribution in [3.8, 4) is 0 Å². The number of nitrogens with two attached hydrogens (primary N) is 1. The second-order valence-electron chi connectivity index (χ2n) is 3.57. The van der Waals surface area contributed by atoms with Crippen LogP contribution in [-0.2, 0) is 17.9 Å². The number of primary amides is 1. The van der Waals surface area contributed by atoms with Gasteiger partial charge in [0.05, 0.1) is 12.1 Å². The van der Waals surface area contributed by atoms with Gasteiger partial charge in [0.2, 0.25) is 5.91 Å².